The number of rotatable bonds is 5. The second kappa shape index (κ2) is 8.38. The van der Waals surface area contributed by atoms with Crippen LogP contribution in [0.4, 0.5) is 0 Å². The van der Waals surface area contributed by atoms with Crippen molar-refractivity contribution in [3.63, 3.8) is 0 Å². The lowest BCUT2D eigenvalue weighted by molar-refractivity contribution is 0.399. The maximum atomic E-state index is 5.40. The minimum Gasteiger partial charge on any atom is -0.467 e. The summed E-state index contributed by atoms with van der Waals surface area (Å²) in [5.41, 5.74) is 1.41. The fraction of sp³-hybridized carbons (Fsp3) is 0.389. The molecule has 0 spiro atoms. The topological polar surface area (TPSA) is 40.8 Å². The van der Waals surface area contributed by atoms with Crippen LogP contribution in [0.15, 0.2) is 58.1 Å². The first kappa shape index (κ1) is 17.8. The summed E-state index contributed by atoms with van der Waals surface area (Å²) < 4.78 is 5.40. The molecule has 5 heteroatoms. The highest BCUT2D eigenvalue weighted by Crippen LogP contribution is 2.33. The molecule has 2 aromatic rings. The summed E-state index contributed by atoms with van der Waals surface area (Å²) in [5.74, 6) is 2.58. The third-order valence-corrected chi connectivity index (χ3v) is 4.12. The summed E-state index contributed by atoms with van der Waals surface area (Å²) in [6.45, 7) is 0.725. The largest absolute Gasteiger partial charge is 0.467 e. The molecule has 1 aliphatic rings. The van der Waals surface area contributed by atoms with Crippen LogP contribution in [-0.2, 0) is 13.0 Å². The smallest absolute Gasteiger partial charge is 0.194 e. The molecule has 23 heavy (non-hydrogen) atoms. The Kier molecular flexibility index (Phi) is 6.50. The number of guanidine groups is 1. The number of nitrogens with zero attached hydrogens (tertiary/aromatic N) is 2. The van der Waals surface area contributed by atoms with Gasteiger partial charge in [-0.2, -0.15) is 0 Å². The van der Waals surface area contributed by atoms with Crippen LogP contribution in [0.2, 0.25) is 0 Å². The first-order valence-corrected chi connectivity index (χ1v) is 7.77. The Morgan fingerprint density at radius 2 is 2.04 bits per heavy atom. The van der Waals surface area contributed by atoms with Gasteiger partial charge in [-0.3, -0.25) is 4.99 Å². The molecule has 0 aliphatic heterocycles. The zero-order chi connectivity index (χ0) is 15.4. The van der Waals surface area contributed by atoms with E-state index in [0.29, 0.717) is 12.0 Å². The summed E-state index contributed by atoms with van der Waals surface area (Å²) in [6, 6.07) is 15.1. The average molecular weight is 425 g/mol. The van der Waals surface area contributed by atoms with Gasteiger partial charge in [0, 0.05) is 20.1 Å². The Labute approximate surface area is 155 Å². The lowest BCUT2D eigenvalue weighted by Gasteiger charge is -2.21. The van der Waals surface area contributed by atoms with E-state index < -0.39 is 0 Å². The predicted molar refractivity (Wildman–Crippen MR) is 104 cm³/mol. The Hall–Kier alpha value is -1.50. The van der Waals surface area contributed by atoms with E-state index >= 15 is 0 Å². The number of hydrogen-bond acceptors (Lipinski definition) is 2. The van der Waals surface area contributed by atoms with Crippen LogP contribution in [-0.4, -0.2) is 31.0 Å². The van der Waals surface area contributed by atoms with Crippen LogP contribution in [0.5, 0.6) is 0 Å². The molecule has 3 rings (SSSR count). The molecule has 0 radical (unpaired) electrons. The molecule has 1 aromatic carbocycles. The summed E-state index contributed by atoms with van der Waals surface area (Å²) in [6.07, 6.45) is 4.05. The van der Waals surface area contributed by atoms with Gasteiger partial charge < -0.3 is 14.6 Å². The number of aliphatic imine (C=N–C) groups is 1. The van der Waals surface area contributed by atoms with Gasteiger partial charge >= 0.3 is 0 Å². The van der Waals surface area contributed by atoms with Crippen molar-refractivity contribution in [2.24, 2.45) is 10.9 Å². The maximum Gasteiger partial charge on any atom is 0.194 e. The van der Waals surface area contributed by atoms with Crippen molar-refractivity contribution in [2.45, 2.75) is 25.4 Å². The van der Waals surface area contributed by atoms with Crippen molar-refractivity contribution in [3.05, 3.63) is 60.1 Å². The van der Waals surface area contributed by atoms with Gasteiger partial charge in [-0.1, -0.05) is 30.3 Å². The zero-order valence-corrected chi connectivity index (χ0v) is 15.9. The molecule has 1 aliphatic carbocycles. The summed E-state index contributed by atoms with van der Waals surface area (Å²) in [7, 11) is 3.86. The van der Waals surface area contributed by atoms with Gasteiger partial charge in [-0.15, -0.1) is 24.0 Å². The molecule has 1 heterocycles. The van der Waals surface area contributed by atoms with Gasteiger partial charge in [0.25, 0.3) is 0 Å². The Morgan fingerprint density at radius 3 is 2.70 bits per heavy atom. The van der Waals surface area contributed by atoms with Crippen molar-refractivity contribution in [1.29, 1.82) is 0 Å². The molecule has 4 nitrogen and oxygen atoms in total. The van der Waals surface area contributed by atoms with E-state index in [1.165, 1.54) is 12.0 Å². The molecule has 1 aromatic heterocycles. The molecular weight excluding hydrogens is 401 g/mol. The number of hydrogen-bond donors (Lipinski definition) is 1. The fourth-order valence-corrected chi connectivity index (χ4v) is 2.79. The summed E-state index contributed by atoms with van der Waals surface area (Å²) in [4.78, 5) is 6.47. The first-order valence-electron chi connectivity index (χ1n) is 7.77. The molecule has 124 valence electrons. The summed E-state index contributed by atoms with van der Waals surface area (Å²) in [5, 5.41) is 3.56. The lowest BCUT2D eigenvalue weighted by Crippen LogP contribution is -2.40. The van der Waals surface area contributed by atoms with E-state index in [4.69, 9.17) is 4.42 Å². The van der Waals surface area contributed by atoms with E-state index in [1.807, 2.05) is 26.2 Å². The second-order valence-electron chi connectivity index (χ2n) is 5.92. The highest BCUT2D eigenvalue weighted by Gasteiger charge is 2.37. The number of nitrogens with one attached hydrogen (secondary N) is 1. The molecule has 2 unspecified atom stereocenters. The van der Waals surface area contributed by atoms with Crippen molar-refractivity contribution < 1.29 is 4.42 Å². The van der Waals surface area contributed by atoms with Gasteiger partial charge in [0.1, 0.15) is 5.76 Å². The van der Waals surface area contributed by atoms with Gasteiger partial charge in [0.2, 0.25) is 0 Å². The molecule has 2 atom stereocenters. The zero-order valence-electron chi connectivity index (χ0n) is 13.6. The highest BCUT2D eigenvalue weighted by atomic mass is 127. The van der Waals surface area contributed by atoms with Crippen LogP contribution in [0.1, 0.15) is 17.7 Å². The van der Waals surface area contributed by atoms with E-state index in [1.54, 1.807) is 6.26 Å². The van der Waals surface area contributed by atoms with Crippen LogP contribution in [0.25, 0.3) is 0 Å². The molecule has 1 N–H and O–H groups in total. The molecule has 1 fully saturated rings. The van der Waals surface area contributed by atoms with Gasteiger partial charge in [0.05, 0.1) is 12.8 Å². The highest BCUT2D eigenvalue weighted by molar-refractivity contribution is 14.0. The molecule has 1 saturated carbocycles. The van der Waals surface area contributed by atoms with Gasteiger partial charge in [-0.25, -0.2) is 0 Å². The number of furan rings is 1. The van der Waals surface area contributed by atoms with E-state index in [0.717, 1.165) is 24.7 Å². The van der Waals surface area contributed by atoms with Gasteiger partial charge in [0.15, 0.2) is 5.96 Å². The molecule has 0 saturated heterocycles. The SMILES string of the molecule is CN=C(NC1CC1Cc1ccccc1)N(C)Cc1ccco1.I. The number of benzene rings is 1. The quantitative estimate of drug-likeness (QED) is 0.453. The van der Waals surface area contributed by atoms with Gasteiger partial charge in [-0.05, 0) is 36.5 Å². The molecular formula is C18H24IN3O. The van der Waals surface area contributed by atoms with E-state index in [9.17, 15) is 0 Å². The van der Waals surface area contributed by atoms with Crippen molar-refractivity contribution in [3.8, 4) is 0 Å². The standard InChI is InChI=1S/C18H23N3O.HI/c1-19-18(21(2)13-16-9-6-10-22-16)20-17-12-15(17)11-14-7-4-3-5-8-14;/h3-10,15,17H,11-13H2,1-2H3,(H,19,20);1H. The van der Waals surface area contributed by atoms with Crippen LogP contribution < -0.4 is 5.32 Å². The van der Waals surface area contributed by atoms with Crippen molar-refractivity contribution in [2.75, 3.05) is 14.1 Å². The predicted octanol–water partition coefficient (Wildman–Crippen LogP) is 3.54. The van der Waals surface area contributed by atoms with Crippen molar-refractivity contribution in [1.82, 2.24) is 10.2 Å². The van der Waals surface area contributed by atoms with E-state index in [2.05, 4.69) is 45.5 Å². The number of halogens is 1. The Morgan fingerprint density at radius 1 is 1.26 bits per heavy atom. The van der Waals surface area contributed by atoms with Crippen LogP contribution >= 0.6 is 24.0 Å². The van der Waals surface area contributed by atoms with E-state index in [-0.39, 0.29) is 24.0 Å². The lowest BCUT2D eigenvalue weighted by atomic mass is 10.1. The third-order valence-electron chi connectivity index (χ3n) is 4.12. The first-order chi connectivity index (χ1) is 10.8. The van der Waals surface area contributed by atoms with Crippen LogP contribution in [0, 0.1) is 5.92 Å². The second-order valence-corrected chi connectivity index (χ2v) is 5.92. The summed E-state index contributed by atoms with van der Waals surface area (Å²) >= 11 is 0. The monoisotopic (exact) mass is 425 g/mol. The Balaban J connectivity index is 0.00000192. The minimum atomic E-state index is 0. The Bertz CT molecular complexity index is 612. The maximum absolute atomic E-state index is 5.40. The molecule has 0 bridgehead atoms. The van der Waals surface area contributed by atoms with Crippen molar-refractivity contribution >= 4 is 29.9 Å². The normalized spacial score (nSPS) is 19.8. The fourth-order valence-electron chi connectivity index (χ4n) is 2.79. The third kappa shape index (κ3) is 4.99. The minimum absolute atomic E-state index is 0. The molecule has 0 amide bonds. The average Bonchev–Trinajstić information content (AvgIpc) is 3.04. The van der Waals surface area contributed by atoms with Crippen LogP contribution in [0.3, 0.4) is 0 Å².